The molecule has 2 saturated heterocycles. The van der Waals surface area contributed by atoms with Gasteiger partial charge in [-0.15, -0.1) is 0 Å². The van der Waals surface area contributed by atoms with Gasteiger partial charge in [0.25, 0.3) is 0 Å². The van der Waals surface area contributed by atoms with E-state index < -0.39 is 74.4 Å². The summed E-state index contributed by atoms with van der Waals surface area (Å²) in [6, 6.07) is 0. The van der Waals surface area contributed by atoms with Crippen molar-refractivity contribution in [1.82, 2.24) is 0 Å². The first-order valence-corrected chi connectivity index (χ1v) is 7.40. The van der Waals surface area contributed by atoms with Gasteiger partial charge in [0.15, 0.2) is 12.6 Å². The second-order valence-electron chi connectivity index (χ2n) is 5.90. The fourth-order valence-corrected chi connectivity index (χ4v) is 2.72. The number of rotatable bonds is 4. The lowest BCUT2D eigenvalue weighted by molar-refractivity contribution is -0.349. The van der Waals surface area contributed by atoms with Crippen LogP contribution < -0.4 is 0 Å². The lowest BCUT2D eigenvalue weighted by Crippen LogP contribution is -2.63. The van der Waals surface area contributed by atoms with E-state index in [1.165, 1.54) is 6.92 Å². The molecule has 0 aromatic rings. The Hall–Kier alpha value is -0.400. The highest BCUT2D eigenvalue weighted by Gasteiger charge is 2.49. The van der Waals surface area contributed by atoms with Gasteiger partial charge < -0.3 is 50.0 Å². The van der Waals surface area contributed by atoms with E-state index in [2.05, 4.69) is 0 Å². The first kappa shape index (κ1) is 18.9. The Morgan fingerprint density at radius 3 is 1.96 bits per heavy atom. The van der Waals surface area contributed by atoms with E-state index in [1.807, 2.05) is 0 Å². The first-order chi connectivity index (χ1) is 10.8. The van der Waals surface area contributed by atoms with Gasteiger partial charge in [-0.05, 0) is 0 Å². The average Bonchev–Trinajstić information content (AvgIpc) is 2.55. The molecule has 0 aromatic carbocycles. The Kier molecular flexibility index (Phi) is 6.30. The molecule has 0 radical (unpaired) electrons. The third-order valence-corrected chi connectivity index (χ3v) is 4.33. The van der Waals surface area contributed by atoms with Crippen LogP contribution in [0, 0.1) is 5.92 Å². The maximum Gasteiger partial charge on any atom is 0.187 e. The summed E-state index contributed by atoms with van der Waals surface area (Å²) in [7, 11) is 0. The lowest BCUT2D eigenvalue weighted by Gasteiger charge is -2.45. The predicted molar refractivity (Wildman–Crippen MR) is 71.8 cm³/mol. The van der Waals surface area contributed by atoms with Gasteiger partial charge in [-0.1, -0.05) is 6.92 Å². The van der Waals surface area contributed by atoms with Crippen molar-refractivity contribution in [2.24, 2.45) is 5.92 Å². The van der Waals surface area contributed by atoms with E-state index in [9.17, 15) is 30.6 Å². The molecule has 0 spiro atoms. The van der Waals surface area contributed by atoms with Crippen molar-refractivity contribution in [3.63, 3.8) is 0 Å². The van der Waals surface area contributed by atoms with Crippen molar-refractivity contribution < 1.29 is 50.0 Å². The number of ether oxygens (including phenoxy) is 3. The van der Waals surface area contributed by atoms with Crippen molar-refractivity contribution in [2.45, 2.75) is 62.2 Å². The van der Waals surface area contributed by atoms with Gasteiger partial charge in [-0.25, -0.2) is 0 Å². The summed E-state index contributed by atoms with van der Waals surface area (Å²) in [5.41, 5.74) is 0. The Bertz CT molecular complexity index is 378. The molecule has 10 nitrogen and oxygen atoms in total. The van der Waals surface area contributed by atoms with Crippen LogP contribution in [0.2, 0.25) is 0 Å². The molecular formula is C13H24O10. The van der Waals surface area contributed by atoms with Crippen molar-refractivity contribution >= 4 is 0 Å². The Morgan fingerprint density at radius 1 is 0.783 bits per heavy atom. The highest BCUT2D eigenvalue weighted by Crippen LogP contribution is 2.30. The van der Waals surface area contributed by atoms with Crippen LogP contribution in [0.3, 0.4) is 0 Å². The average molecular weight is 340 g/mol. The first-order valence-electron chi connectivity index (χ1n) is 7.40. The maximum atomic E-state index is 10.2. The molecule has 0 aromatic heterocycles. The third-order valence-electron chi connectivity index (χ3n) is 4.33. The minimum absolute atomic E-state index is 0.567. The van der Waals surface area contributed by atoms with E-state index in [4.69, 9.17) is 19.3 Å². The molecule has 0 saturated carbocycles. The van der Waals surface area contributed by atoms with E-state index in [0.29, 0.717) is 0 Å². The van der Waals surface area contributed by atoms with Gasteiger partial charge >= 0.3 is 0 Å². The Balaban J connectivity index is 2.11. The largest absolute Gasteiger partial charge is 0.394 e. The van der Waals surface area contributed by atoms with Gasteiger partial charge in [0.2, 0.25) is 0 Å². The molecule has 23 heavy (non-hydrogen) atoms. The zero-order chi connectivity index (χ0) is 17.3. The molecule has 7 N–H and O–H groups in total. The molecule has 2 aliphatic rings. The molecule has 2 aliphatic heterocycles. The quantitative estimate of drug-likeness (QED) is 0.267. The topological polar surface area (TPSA) is 169 Å². The SMILES string of the molecule is CC1C(O)OC(CO)[C@H](O[C@@H]2OC(CO)[C@H](O)[C@H](O)C2O)[C@@H]1O. The van der Waals surface area contributed by atoms with Crippen LogP contribution in [0.15, 0.2) is 0 Å². The van der Waals surface area contributed by atoms with Gasteiger partial charge in [-0.3, -0.25) is 0 Å². The molecule has 0 aliphatic carbocycles. The Labute approximate surface area is 132 Å². The highest BCUT2D eigenvalue weighted by molar-refractivity contribution is 4.92. The predicted octanol–water partition coefficient (Wildman–Crippen LogP) is -4.12. The zero-order valence-corrected chi connectivity index (χ0v) is 12.5. The second kappa shape index (κ2) is 7.66. The van der Waals surface area contributed by atoms with Crippen LogP contribution in [0.25, 0.3) is 0 Å². The van der Waals surface area contributed by atoms with Crippen molar-refractivity contribution in [3.8, 4) is 0 Å². The molecule has 10 atom stereocenters. The van der Waals surface area contributed by atoms with E-state index in [1.54, 1.807) is 0 Å². The maximum absolute atomic E-state index is 10.2. The van der Waals surface area contributed by atoms with Crippen LogP contribution in [0.1, 0.15) is 6.92 Å². The molecule has 136 valence electrons. The Morgan fingerprint density at radius 2 is 1.39 bits per heavy atom. The summed E-state index contributed by atoms with van der Waals surface area (Å²) in [5.74, 6) is -0.729. The van der Waals surface area contributed by atoms with E-state index in [0.717, 1.165) is 0 Å². The number of aliphatic hydroxyl groups excluding tert-OH is 7. The van der Waals surface area contributed by atoms with Crippen LogP contribution in [-0.2, 0) is 14.2 Å². The molecule has 5 unspecified atom stereocenters. The molecular weight excluding hydrogens is 316 g/mol. The summed E-state index contributed by atoms with van der Waals surface area (Å²) in [6.45, 7) is 0.322. The van der Waals surface area contributed by atoms with E-state index >= 15 is 0 Å². The second-order valence-corrected chi connectivity index (χ2v) is 5.90. The lowest BCUT2D eigenvalue weighted by atomic mass is 9.92. The summed E-state index contributed by atoms with van der Waals surface area (Å²) in [5, 5.41) is 67.7. The molecule has 2 fully saturated rings. The fraction of sp³-hybridized carbons (Fsp3) is 1.00. The van der Waals surface area contributed by atoms with Crippen molar-refractivity contribution in [3.05, 3.63) is 0 Å². The number of aliphatic hydroxyl groups is 7. The van der Waals surface area contributed by atoms with Gasteiger partial charge in [0.05, 0.1) is 19.3 Å². The number of hydrogen-bond acceptors (Lipinski definition) is 10. The van der Waals surface area contributed by atoms with Crippen LogP contribution in [-0.4, -0.2) is 104 Å². The molecule has 2 rings (SSSR count). The molecule has 10 heteroatoms. The van der Waals surface area contributed by atoms with Gasteiger partial charge in [0.1, 0.15) is 36.6 Å². The van der Waals surface area contributed by atoms with Crippen molar-refractivity contribution in [2.75, 3.05) is 13.2 Å². The summed E-state index contributed by atoms with van der Waals surface area (Å²) >= 11 is 0. The highest BCUT2D eigenvalue weighted by atomic mass is 16.7. The smallest absolute Gasteiger partial charge is 0.187 e. The summed E-state index contributed by atoms with van der Waals surface area (Å²) < 4.78 is 15.8. The summed E-state index contributed by atoms with van der Waals surface area (Å²) in [6.07, 6.45) is -12.2. The van der Waals surface area contributed by atoms with Gasteiger partial charge in [-0.2, -0.15) is 0 Å². The van der Waals surface area contributed by atoms with Crippen LogP contribution in [0.4, 0.5) is 0 Å². The van der Waals surface area contributed by atoms with Crippen molar-refractivity contribution in [1.29, 1.82) is 0 Å². The van der Waals surface area contributed by atoms with Crippen LogP contribution in [0.5, 0.6) is 0 Å². The normalized spacial score (nSPS) is 51.7. The summed E-state index contributed by atoms with van der Waals surface area (Å²) in [4.78, 5) is 0. The molecule has 2 heterocycles. The molecule has 0 amide bonds. The third kappa shape index (κ3) is 3.66. The van der Waals surface area contributed by atoms with Crippen LogP contribution >= 0.6 is 0 Å². The molecule has 0 bridgehead atoms. The minimum Gasteiger partial charge on any atom is -0.394 e. The fourth-order valence-electron chi connectivity index (χ4n) is 2.72. The minimum atomic E-state index is -1.64. The zero-order valence-electron chi connectivity index (χ0n) is 12.5. The standard InChI is InChI=1S/C13H24O10/c1-4-7(16)11(6(3-15)21-12(4)20)23-13-10(19)9(18)8(17)5(2-14)22-13/h4-20H,2-3H2,1H3/t4?,5?,6?,7-,8+,9+,10?,11+,12?,13+/m1/s1. The van der Waals surface area contributed by atoms with E-state index in [-0.39, 0.29) is 0 Å². The number of hydrogen-bond donors (Lipinski definition) is 7. The monoisotopic (exact) mass is 340 g/mol. The van der Waals surface area contributed by atoms with Gasteiger partial charge in [0, 0.05) is 5.92 Å².